The van der Waals surface area contributed by atoms with Crippen LogP contribution in [0.3, 0.4) is 0 Å². The molecule has 7 nitrogen and oxygen atoms in total. The van der Waals surface area contributed by atoms with Gasteiger partial charge >= 0.3 is 0 Å². The topological polar surface area (TPSA) is 77.3 Å². The fourth-order valence-corrected chi connectivity index (χ4v) is 3.13. The summed E-state index contributed by atoms with van der Waals surface area (Å²) in [6, 6.07) is 5.30. The van der Waals surface area contributed by atoms with Gasteiger partial charge in [-0.1, -0.05) is 5.16 Å². The van der Waals surface area contributed by atoms with Gasteiger partial charge in [0.2, 0.25) is 5.76 Å². The maximum absolute atomic E-state index is 12.8. The molecule has 7 heteroatoms. The molecule has 1 aliphatic rings. The zero-order chi connectivity index (χ0) is 16.5. The number of likely N-dealkylation sites (tertiary alicyclic amines) is 1. The predicted octanol–water partition coefficient (Wildman–Crippen LogP) is 2.74. The highest BCUT2D eigenvalue weighted by Crippen LogP contribution is 2.24. The van der Waals surface area contributed by atoms with Gasteiger partial charge in [-0.3, -0.25) is 9.48 Å². The molecule has 0 aromatic carbocycles. The molecule has 3 aromatic heterocycles. The van der Waals surface area contributed by atoms with E-state index in [1.807, 2.05) is 28.9 Å². The molecule has 24 heavy (non-hydrogen) atoms. The van der Waals surface area contributed by atoms with E-state index < -0.39 is 0 Å². The highest BCUT2D eigenvalue weighted by molar-refractivity contribution is 5.93. The van der Waals surface area contributed by atoms with Crippen molar-refractivity contribution < 1.29 is 13.7 Å². The van der Waals surface area contributed by atoms with E-state index in [9.17, 15) is 4.79 Å². The smallest absolute Gasteiger partial charge is 0.276 e. The first-order valence-corrected chi connectivity index (χ1v) is 8.01. The van der Waals surface area contributed by atoms with Crippen molar-refractivity contribution in [3.63, 3.8) is 0 Å². The number of carbonyl (C=O) groups is 1. The second kappa shape index (κ2) is 5.99. The summed E-state index contributed by atoms with van der Waals surface area (Å²) in [7, 11) is 0. The summed E-state index contributed by atoms with van der Waals surface area (Å²) in [5.41, 5.74) is 1.43. The van der Waals surface area contributed by atoms with Crippen LogP contribution in [0.1, 0.15) is 28.9 Å². The number of amides is 1. The molecule has 0 saturated carbocycles. The largest absolute Gasteiger partial charge is 0.461 e. The summed E-state index contributed by atoms with van der Waals surface area (Å²) >= 11 is 0. The fourth-order valence-electron chi connectivity index (χ4n) is 3.13. The minimum atomic E-state index is -0.108. The molecule has 1 atom stereocenters. The summed E-state index contributed by atoms with van der Waals surface area (Å²) in [5.74, 6) is 0.913. The summed E-state index contributed by atoms with van der Waals surface area (Å²) < 4.78 is 12.4. The molecule has 4 rings (SSSR count). The number of nitrogens with zero attached hydrogens (tertiary/aromatic N) is 4. The zero-order valence-electron chi connectivity index (χ0n) is 13.4. The lowest BCUT2D eigenvalue weighted by atomic mass is 10.2. The normalized spacial score (nSPS) is 17.5. The molecule has 0 unspecified atom stereocenters. The lowest BCUT2D eigenvalue weighted by molar-refractivity contribution is 0.0711. The van der Waals surface area contributed by atoms with Crippen LogP contribution in [0.25, 0.3) is 11.5 Å². The van der Waals surface area contributed by atoms with E-state index in [1.165, 1.54) is 0 Å². The lowest BCUT2D eigenvalue weighted by Crippen LogP contribution is -2.38. The van der Waals surface area contributed by atoms with Gasteiger partial charge in [0.1, 0.15) is 0 Å². The third-order valence-electron chi connectivity index (χ3n) is 4.29. The first kappa shape index (κ1) is 14.7. The molecule has 4 heterocycles. The van der Waals surface area contributed by atoms with E-state index in [1.54, 1.807) is 24.5 Å². The second-order valence-corrected chi connectivity index (χ2v) is 6.09. The fraction of sp³-hybridized carbons (Fsp3) is 0.353. The summed E-state index contributed by atoms with van der Waals surface area (Å²) in [6.07, 6.45) is 7.33. The molecule has 1 aliphatic heterocycles. The third kappa shape index (κ3) is 2.73. The number of hydrogen-bond donors (Lipinski definition) is 0. The Hall–Kier alpha value is -2.83. The van der Waals surface area contributed by atoms with Crippen molar-refractivity contribution in [1.82, 2.24) is 19.8 Å². The average molecular weight is 326 g/mol. The number of aromatic nitrogens is 3. The van der Waals surface area contributed by atoms with Gasteiger partial charge in [-0.15, -0.1) is 0 Å². The first-order valence-electron chi connectivity index (χ1n) is 8.01. The number of carbonyl (C=O) groups excluding carboxylic acids is 1. The van der Waals surface area contributed by atoms with Gasteiger partial charge in [-0.25, -0.2) is 0 Å². The van der Waals surface area contributed by atoms with E-state index in [-0.39, 0.29) is 11.9 Å². The number of hydrogen-bond acceptors (Lipinski definition) is 5. The van der Waals surface area contributed by atoms with Gasteiger partial charge in [0.25, 0.3) is 5.91 Å². The van der Waals surface area contributed by atoms with E-state index in [4.69, 9.17) is 8.94 Å². The molecule has 3 aromatic rings. The Morgan fingerprint density at radius 3 is 3.08 bits per heavy atom. The third-order valence-corrected chi connectivity index (χ3v) is 4.29. The molecule has 0 spiro atoms. The maximum Gasteiger partial charge on any atom is 0.276 e. The SMILES string of the molecule is Cc1cnn(C[C@@H]2CCCN2C(=O)c2cc(-c3ccco3)on2)c1. The van der Waals surface area contributed by atoms with E-state index >= 15 is 0 Å². The van der Waals surface area contributed by atoms with Crippen LogP contribution >= 0.6 is 0 Å². The zero-order valence-corrected chi connectivity index (χ0v) is 13.4. The van der Waals surface area contributed by atoms with E-state index in [2.05, 4.69) is 10.3 Å². The molecule has 1 fully saturated rings. The van der Waals surface area contributed by atoms with Gasteiger partial charge in [0, 0.05) is 18.8 Å². The first-order chi connectivity index (χ1) is 11.7. The summed E-state index contributed by atoms with van der Waals surface area (Å²) in [5, 5.41) is 8.23. The highest BCUT2D eigenvalue weighted by atomic mass is 16.5. The van der Waals surface area contributed by atoms with Crippen LogP contribution < -0.4 is 0 Å². The number of aryl methyl sites for hydroxylation is 1. The minimum Gasteiger partial charge on any atom is -0.461 e. The molecule has 1 amide bonds. The van der Waals surface area contributed by atoms with Crippen molar-refractivity contribution in [3.05, 3.63) is 48.1 Å². The van der Waals surface area contributed by atoms with E-state index in [0.29, 0.717) is 23.8 Å². The van der Waals surface area contributed by atoms with Gasteiger partial charge < -0.3 is 13.8 Å². The quantitative estimate of drug-likeness (QED) is 0.737. The van der Waals surface area contributed by atoms with Crippen molar-refractivity contribution >= 4 is 5.91 Å². The monoisotopic (exact) mass is 326 g/mol. The Morgan fingerprint density at radius 2 is 2.33 bits per heavy atom. The van der Waals surface area contributed by atoms with Crippen LogP contribution in [0.15, 0.2) is 45.8 Å². The van der Waals surface area contributed by atoms with Crippen molar-refractivity contribution in [3.8, 4) is 11.5 Å². The Morgan fingerprint density at radius 1 is 1.42 bits per heavy atom. The van der Waals surface area contributed by atoms with Crippen LogP contribution in [-0.2, 0) is 6.54 Å². The molecule has 124 valence electrons. The number of furan rings is 1. The van der Waals surface area contributed by atoms with Crippen LogP contribution in [0, 0.1) is 6.92 Å². The van der Waals surface area contributed by atoms with Crippen LogP contribution in [0.2, 0.25) is 0 Å². The Balaban J connectivity index is 1.50. The van der Waals surface area contributed by atoms with Crippen molar-refractivity contribution in [2.75, 3.05) is 6.54 Å². The summed E-state index contributed by atoms with van der Waals surface area (Å²) in [4.78, 5) is 14.6. The second-order valence-electron chi connectivity index (χ2n) is 6.09. The van der Waals surface area contributed by atoms with Crippen LogP contribution in [-0.4, -0.2) is 38.3 Å². The van der Waals surface area contributed by atoms with Crippen molar-refractivity contribution in [1.29, 1.82) is 0 Å². The van der Waals surface area contributed by atoms with Crippen molar-refractivity contribution in [2.24, 2.45) is 0 Å². The van der Waals surface area contributed by atoms with E-state index in [0.717, 1.165) is 24.9 Å². The molecule has 0 aliphatic carbocycles. The average Bonchev–Trinajstić information content (AvgIpc) is 3.35. The molecular weight excluding hydrogens is 308 g/mol. The van der Waals surface area contributed by atoms with Crippen LogP contribution in [0.4, 0.5) is 0 Å². The van der Waals surface area contributed by atoms with Crippen LogP contribution in [0.5, 0.6) is 0 Å². The van der Waals surface area contributed by atoms with Gasteiger partial charge in [0.05, 0.1) is 25.0 Å². The molecular formula is C17H18N4O3. The predicted molar refractivity (Wildman–Crippen MR) is 85.2 cm³/mol. The minimum absolute atomic E-state index is 0.108. The van der Waals surface area contributed by atoms with Gasteiger partial charge in [-0.2, -0.15) is 5.10 Å². The Bertz CT molecular complexity index is 834. The summed E-state index contributed by atoms with van der Waals surface area (Å²) in [6.45, 7) is 3.43. The molecule has 0 N–H and O–H groups in total. The highest BCUT2D eigenvalue weighted by Gasteiger charge is 2.31. The van der Waals surface area contributed by atoms with Crippen molar-refractivity contribution in [2.45, 2.75) is 32.4 Å². The Labute approximate surface area is 138 Å². The molecule has 0 radical (unpaired) electrons. The van der Waals surface area contributed by atoms with Gasteiger partial charge in [0.15, 0.2) is 11.5 Å². The molecule has 0 bridgehead atoms. The lowest BCUT2D eigenvalue weighted by Gasteiger charge is -2.23. The maximum atomic E-state index is 12.8. The number of rotatable bonds is 4. The molecule has 1 saturated heterocycles. The Kier molecular flexibility index (Phi) is 3.68. The van der Waals surface area contributed by atoms with Gasteiger partial charge in [-0.05, 0) is 37.5 Å². The standard InChI is InChI=1S/C17H18N4O3/c1-12-9-18-20(10-12)11-13-4-2-6-21(13)17(22)14-8-16(24-19-14)15-5-3-7-23-15/h3,5,7-10,13H,2,4,6,11H2,1H3/t13-/m0/s1.